The van der Waals surface area contributed by atoms with E-state index in [-0.39, 0.29) is 0 Å². The first-order valence-corrected chi connectivity index (χ1v) is 7.32. The Morgan fingerprint density at radius 3 is 2.85 bits per heavy atom. The number of nitrogens with one attached hydrogen (secondary N) is 1. The smallest absolute Gasteiger partial charge is 0.239 e. The summed E-state index contributed by atoms with van der Waals surface area (Å²) < 4.78 is 6.55. The van der Waals surface area contributed by atoms with Crippen molar-refractivity contribution in [1.29, 1.82) is 0 Å². The molecular formula is C15H18BrN3O. The van der Waals surface area contributed by atoms with E-state index in [1.165, 1.54) is 0 Å². The molecule has 2 rings (SSSR count). The molecule has 0 amide bonds. The Hall–Kier alpha value is -1.75. The molecule has 1 heterocycles. The van der Waals surface area contributed by atoms with Crippen LogP contribution in [-0.2, 0) is 0 Å². The van der Waals surface area contributed by atoms with E-state index in [2.05, 4.69) is 26.2 Å². The van der Waals surface area contributed by atoms with Crippen LogP contribution < -0.4 is 15.8 Å². The minimum absolute atomic E-state index is 0.473. The summed E-state index contributed by atoms with van der Waals surface area (Å²) in [5.74, 6) is 1.18. The Morgan fingerprint density at radius 1 is 1.30 bits per heavy atom. The van der Waals surface area contributed by atoms with Crippen molar-refractivity contribution in [2.75, 3.05) is 17.7 Å². The lowest BCUT2D eigenvalue weighted by Crippen LogP contribution is -2.03. The van der Waals surface area contributed by atoms with Crippen LogP contribution in [0.4, 0.5) is 17.2 Å². The second-order valence-corrected chi connectivity index (χ2v) is 5.29. The summed E-state index contributed by atoms with van der Waals surface area (Å²) in [7, 11) is 0. The van der Waals surface area contributed by atoms with Crippen LogP contribution in [0.1, 0.15) is 18.9 Å². The van der Waals surface area contributed by atoms with Gasteiger partial charge < -0.3 is 15.8 Å². The van der Waals surface area contributed by atoms with E-state index in [9.17, 15) is 0 Å². The monoisotopic (exact) mass is 335 g/mol. The number of nitrogens with zero attached hydrogens (tertiary/aromatic N) is 1. The Morgan fingerprint density at radius 2 is 2.10 bits per heavy atom. The van der Waals surface area contributed by atoms with E-state index >= 15 is 0 Å². The highest BCUT2D eigenvalue weighted by molar-refractivity contribution is 9.10. The van der Waals surface area contributed by atoms with Crippen LogP contribution in [0.25, 0.3) is 0 Å². The van der Waals surface area contributed by atoms with Crippen molar-refractivity contribution in [2.24, 2.45) is 0 Å². The highest BCUT2D eigenvalue weighted by atomic mass is 79.9. The maximum Gasteiger partial charge on any atom is 0.239 e. The average molecular weight is 336 g/mol. The fourth-order valence-corrected chi connectivity index (χ4v) is 2.08. The van der Waals surface area contributed by atoms with Gasteiger partial charge in [0.2, 0.25) is 5.88 Å². The predicted octanol–water partition coefficient (Wildman–Crippen LogP) is 4.27. The minimum atomic E-state index is 0.473. The van der Waals surface area contributed by atoms with Gasteiger partial charge in [0.1, 0.15) is 5.82 Å². The zero-order valence-electron chi connectivity index (χ0n) is 11.6. The van der Waals surface area contributed by atoms with E-state index in [1.54, 1.807) is 6.07 Å². The molecule has 0 spiro atoms. The van der Waals surface area contributed by atoms with Crippen molar-refractivity contribution in [3.05, 3.63) is 40.4 Å². The number of anilines is 3. The van der Waals surface area contributed by atoms with Gasteiger partial charge in [-0.25, -0.2) is 0 Å². The van der Waals surface area contributed by atoms with Gasteiger partial charge in [0.05, 0.1) is 18.0 Å². The average Bonchev–Trinajstić information content (AvgIpc) is 2.44. The highest BCUT2D eigenvalue weighted by Crippen LogP contribution is 2.29. The van der Waals surface area contributed by atoms with Crippen molar-refractivity contribution in [1.82, 2.24) is 4.98 Å². The molecule has 0 fully saturated rings. The van der Waals surface area contributed by atoms with Crippen LogP contribution in [0, 0.1) is 6.92 Å². The molecule has 1 aromatic heterocycles. The topological polar surface area (TPSA) is 60.2 Å². The molecule has 106 valence electrons. The van der Waals surface area contributed by atoms with Gasteiger partial charge >= 0.3 is 0 Å². The zero-order chi connectivity index (χ0) is 14.5. The molecule has 0 aliphatic carbocycles. The second-order valence-electron chi connectivity index (χ2n) is 4.50. The maximum atomic E-state index is 5.85. The van der Waals surface area contributed by atoms with E-state index < -0.39 is 0 Å². The summed E-state index contributed by atoms with van der Waals surface area (Å²) in [5.41, 5.74) is 8.52. The van der Waals surface area contributed by atoms with Crippen LogP contribution >= 0.6 is 15.9 Å². The van der Waals surface area contributed by atoms with Crippen molar-refractivity contribution < 1.29 is 4.74 Å². The Kier molecular flexibility index (Phi) is 4.84. The molecule has 0 unspecified atom stereocenters. The Balaban J connectivity index is 2.23. The van der Waals surface area contributed by atoms with Gasteiger partial charge in [-0.2, -0.15) is 4.98 Å². The van der Waals surface area contributed by atoms with Gasteiger partial charge in [0, 0.05) is 4.47 Å². The Bertz CT molecular complexity index is 602. The number of nitrogens with two attached hydrogens (primary N) is 1. The standard InChI is InChI=1S/C15H18BrN3O/c1-3-9-20-15-11(17)7-8-13(19-15)18-12-6-4-5-10(2)14(12)16/h4-8H,3,9,17H2,1-2H3,(H,18,19). The van der Waals surface area contributed by atoms with Crippen molar-refractivity contribution in [3.63, 3.8) is 0 Å². The summed E-state index contributed by atoms with van der Waals surface area (Å²) in [6.07, 6.45) is 0.919. The molecule has 20 heavy (non-hydrogen) atoms. The first kappa shape index (κ1) is 14.7. The number of hydrogen-bond acceptors (Lipinski definition) is 4. The molecule has 0 saturated heterocycles. The van der Waals surface area contributed by atoms with Gasteiger partial charge in [-0.3, -0.25) is 0 Å². The van der Waals surface area contributed by atoms with Crippen LogP contribution in [0.5, 0.6) is 5.88 Å². The number of aryl methyl sites for hydroxylation is 1. The number of benzene rings is 1. The van der Waals surface area contributed by atoms with Crippen molar-refractivity contribution in [2.45, 2.75) is 20.3 Å². The number of rotatable bonds is 5. The summed E-state index contributed by atoms with van der Waals surface area (Å²) >= 11 is 3.57. The molecule has 3 N–H and O–H groups in total. The van der Waals surface area contributed by atoms with Gasteiger partial charge in [-0.1, -0.05) is 19.1 Å². The second kappa shape index (κ2) is 6.61. The lowest BCUT2D eigenvalue weighted by atomic mass is 10.2. The molecule has 2 aromatic rings. The largest absolute Gasteiger partial charge is 0.476 e. The van der Waals surface area contributed by atoms with Crippen LogP contribution in [0.3, 0.4) is 0 Å². The molecule has 0 radical (unpaired) electrons. The first-order valence-electron chi connectivity index (χ1n) is 6.53. The van der Waals surface area contributed by atoms with E-state index in [1.807, 2.05) is 38.1 Å². The third-order valence-electron chi connectivity index (χ3n) is 2.79. The normalized spacial score (nSPS) is 10.3. The summed E-state index contributed by atoms with van der Waals surface area (Å²) in [6.45, 7) is 4.69. The number of halogens is 1. The first-order chi connectivity index (χ1) is 9.61. The quantitative estimate of drug-likeness (QED) is 0.856. The number of pyridine rings is 1. The van der Waals surface area contributed by atoms with Crippen molar-refractivity contribution >= 4 is 33.1 Å². The van der Waals surface area contributed by atoms with Gasteiger partial charge in [0.25, 0.3) is 0 Å². The molecule has 5 heteroatoms. The fraction of sp³-hybridized carbons (Fsp3) is 0.267. The SMILES string of the molecule is CCCOc1nc(Nc2cccc(C)c2Br)ccc1N. The van der Waals surface area contributed by atoms with Crippen LogP contribution in [-0.4, -0.2) is 11.6 Å². The molecule has 0 atom stereocenters. The lowest BCUT2D eigenvalue weighted by molar-refractivity contribution is 0.307. The molecule has 1 aromatic carbocycles. The third kappa shape index (κ3) is 3.42. The number of aromatic nitrogens is 1. The number of nitrogen functional groups attached to an aromatic ring is 1. The minimum Gasteiger partial charge on any atom is -0.476 e. The molecular weight excluding hydrogens is 318 g/mol. The molecule has 0 aliphatic heterocycles. The molecule has 4 nitrogen and oxygen atoms in total. The maximum absolute atomic E-state index is 5.85. The zero-order valence-corrected chi connectivity index (χ0v) is 13.2. The van der Waals surface area contributed by atoms with Crippen LogP contribution in [0.2, 0.25) is 0 Å². The fourth-order valence-electron chi connectivity index (χ4n) is 1.72. The summed E-state index contributed by atoms with van der Waals surface area (Å²) in [4.78, 5) is 4.40. The van der Waals surface area contributed by atoms with Gasteiger partial charge in [-0.15, -0.1) is 0 Å². The van der Waals surface area contributed by atoms with E-state index in [0.29, 0.717) is 24.0 Å². The lowest BCUT2D eigenvalue weighted by Gasteiger charge is -2.12. The molecule has 0 aliphatic rings. The summed E-state index contributed by atoms with van der Waals surface area (Å²) in [6, 6.07) is 9.66. The van der Waals surface area contributed by atoms with Gasteiger partial charge in [0.15, 0.2) is 0 Å². The predicted molar refractivity (Wildman–Crippen MR) is 86.6 cm³/mol. The van der Waals surface area contributed by atoms with E-state index in [0.717, 1.165) is 22.1 Å². The van der Waals surface area contributed by atoms with Crippen molar-refractivity contribution in [3.8, 4) is 5.88 Å². The highest BCUT2D eigenvalue weighted by Gasteiger charge is 2.07. The van der Waals surface area contributed by atoms with E-state index in [4.69, 9.17) is 10.5 Å². The Labute approximate surface area is 127 Å². The molecule has 0 bridgehead atoms. The van der Waals surface area contributed by atoms with Crippen LogP contribution in [0.15, 0.2) is 34.8 Å². The number of ether oxygens (including phenoxy) is 1. The third-order valence-corrected chi connectivity index (χ3v) is 3.84. The van der Waals surface area contributed by atoms with Gasteiger partial charge in [-0.05, 0) is 53.0 Å². The molecule has 0 saturated carbocycles. The summed E-state index contributed by atoms with van der Waals surface area (Å²) in [5, 5.41) is 3.26. The number of hydrogen-bond donors (Lipinski definition) is 2.